The van der Waals surface area contributed by atoms with Gasteiger partial charge in [0.1, 0.15) is 5.82 Å². The van der Waals surface area contributed by atoms with Crippen molar-refractivity contribution >= 4 is 23.2 Å². The van der Waals surface area contributed by atoms with Crippen LogP contribution in [-0.4, -0.2) is 21.8 Å². The summed E-state index contributed by atoms with van der Waals surface area (Å²) in [4.78, 5) is 14.0. The molecule has 0 atom stereocenters. The van der Waals surface area contributed by atoms with E-state index in [1.165, 1.54) is 12.3 Å². The Labute approximate surface area is 73.7 Å². The number of nitrogens with two attached hydrogens (primary N) is 2. The third-order valence-electron chi connectivity index (χ3n) is 1.42. The van der Waals surface area contributed by atoms with Crippen molar-refractivity contribution in [3.63, 3.8) is 0 Å². The highest BCUT2D eigenvalue weighted by molar-refractivity contribution is 6.42. The molecule has 0 radical (unpaired) electrons. The molecule has 0 amide bonds. The maximum absolute atomic E-state index is 10.4. The number of nitrogens with zero attached hydrogens (tertiary/aromatic N) is 1. The van der Waals surface area contributed by atoms with Gasteiger partial charge in [0.05, 0.1) is 17.4 Å². The third kappa shape index (κ3) is 1.73. The van der Waals surface area contributed by atoms with E-state index >= 15 is 0 Å². The minimum Gasteiger partial charge on any atom is -0.477 e. The number of aliphatic carboxylic acids is 1. The zero-order chi connectivity index (χ0) is 10.0. The number of hydrogen-bond donors (Lipinski definition) is 4. The van der Waals surface area contributed by atoms with Crippen molar-refractivity contribution in [2.75, 3.05) is 11.5 Å². The van der Waals surface area contributed by atoms with Gasteiger partial charge in [-0.15, -0.1) is 0 Å². The highest BCUT2D eigenvalue weighted by atomic mass is 16.4. The minimum atomic E-state index is -1.36. The molecule has 0 saturated carbocycles. The maximum atomic E-state index is 10.4. The van der Waals surface area contributed by atoms with Crippen LogP contribution in [0.4, 0.5) is 11.5 Å². The summed E-state index contributed by atoms with van der Waals surface area (Å²) in [7, 11) is 0. The van der Waals surface area contributed by atoms with E-state index in [-0.39, 0.29) is 17.1 Å². The standard InChI is InChI=1S/C7H8N4O2/c8-3-1-4(5(9)7(12)13)6(10)11-2-3/h1-2,9H,8H2,(H2,10,11)(H,12,13). The molecule has 68 valence electrons. The lowest BCUT2D eigenvalue weighted by Crippen LogP contribution is -2.15. The van der Waals surface area contributed by atoms with E-state index in [0.717, 1.165) is 0 Å². The zero-order valence-electron chi connectivity index (χ0n) is 6.61. The van der Waals surface area contributed by atoms with Crippen molar-refractivity contribution in [3.8, 4) is 0 Å². The second-order valence-corrected chi connectivity index (χ2v) is 2.38. The van der Waals surface area contributed by atoms with Gasteiger partial charge in [0, 0.05) is 0 Å². The van der Waals surface area contributed by atoms with Crippen LogP contribution < -0.4 is 11.5 Å². The maximum Gasteiger partial charge on any atom is 0.354 e. The number of anilines is 2. The predicted octanol–water partition coefficient (Wildman–Crippen LogP) is -0.302. The predicted molar refractivity (Wildman–Crippen MR) is 47.5 cm³/mol. The molecule has 0 saturated heterocycles. The number of nitrogen functional groups attached to an aromatic ring is 2. The highest BCUT2D eigenvalue weighted by Crippen LogP contribution is 2.12. The van der Waals surface area contributed by atoms with Crippen molar-refractivity contribution in [1.82, 2.24) is 4.98 Å². The molecule has 1 aromatic heterocycles. The molecule has 13 heavy (non-hydrogen) atoms. The molecule has 0 aliphatic carbocycles. The van der Waals surface area contributed by atoms with Gasteiger partial charge in [-0.2, -0.15) is 0 Å². The van der Waals surface area contributed by atoms with Crippen LogP contribution in [0.25, 0.3) is 0 Å². The Morgan fingerprint density at radius 2 is 2.15 bits per heavy atom. The minimum absolute atomic E-state index is 0.0124. The summed E-state index contributed by atoms with van der Waals surface area (Å²) >= 11 is 0. The Morgan fingerprint density at radius 1 is 1.54 bits per heavy atom. The van der Waals surface area contributed by atoms with Crippen LogP contribution >= 0.6 is 0 Å². The van der Waals surface area contributed by atoms with Gasteiger partial charge in [-0.3, -0.25) is 5.41 Å². The molecule has 0 aliphatic heterocycles. The number of rotatable bonds is 2. The van der Waals surface area contributed by atoms with Gasteiger partial charge in [0.25, 0.3) is 0 Å². The number of carboxylic acids is 1. The summed E-state index contributed by atoms with van der Waals surface area (Å²) in [5.41, 5.74) is 10.4. The van der Waals surface area contributed by atoms with E-state index in [0.29, 0.717) is 0 Å². The fraction of sp³-hybridized carbons (Fsp3) is 0. The van der Waals surface area contributed by atoms with E-state index in [1.54, 1.807) is 0 Å². The van der Waals surface area contributed by atoms with Crippen molar-refractivity contribution < 1.29 is 9.90 Å². The van der Waals surface area contributed by atoms with Crippen LogP contribution in [0.2, 0.25) is 0 Å². The van der Waals surface area contributed by atoms with E-state index in [2.05, 4.69) is 4.98 Å². The van der Waals surface area contributed by atoms with Gasteiger partial charge < -0.3 is 16.6 Å². The van der Waals surface area contributed by atoms with Crippen molar-refractivity contribution in [2.24, 2.45) is 0 Å². The van der Waals surface area contributed by atoms with Crippen molar-refractivity contribution in [1.29, 1.82) is 5.41 Å². The molecular weight excluding hydrogens is 172 g/mol. The molecule has 1 rings (SSSR count). The Kier molecular flexibility index (Phi) is 2.14. The lowest BCUT2D eigenvalue weighted by atomic mass is 10.1. The second-order valence-electron chi connectivity index (χ2n) is 2.38. The second kappa shape index (κ2) is 3.10. The Hall–Kier alpha value is -2.11. The summed E-state index contributed by atoms with van der Waals surface area (Å²) in [6.45, 7) is 0. The number of nitrogens with one attached hydrogen (secondary N) is 1. The fourth-order valence-electron chi connectivity index (χ4n) is 0.807. The van der Waals surface area contributed by atoms with Crippen LogP contribution in [-0.2, 0) is 4.79 Å². The van der Waals surface area contributed by atoms with Crippen LogP contribution in [0, 0.1) is 5.41 Å². The molecule has 0 aliphatic rings. The summed E-state index contributed by atoms with van der Waals surface area (Å²) in [6, 6.07) is 1.30. The van der Waals surface area contributed by atoms with Crippen LogP contribution in [0.3, 0.4) is 0 Å². The summed E-state index contributed by atoms with van der Waals surface area (Å²) in [5.74, 6) is -1.37. The summed E-state index contributed by atoms with van der Waals surface area (Å²) in [5, 5.41) is 15.6. The van der Waals surface area contributed by atoms with Gasteiger partial charge in [-0.1, -0.05) is 0 Å². The molecule has 6 nitrogen and oxygen atoms in total. The SMILES string of the molecule is N=C(C(=O)O)c1cc(N)cnc1N. The molecule has 0 fully saturated rings. The van der Waals surface area contributed by atoms with Gasteiger partial charge in [0.2, 0.25) is 0 Å². The largest absolute Gasteiger partial charge is 0.477 e. The molecule has 6 heteroatoms. The van der Waals surface area contributed by atoms with Crippen LogP contribution in [0.1, 0.15) is 5.56 Å². The number of aromatic nitrogens is 1. The van der Waals surface area contributed by atoms with E-state index in [1.807, 2.05) is 0 Å². The molecular formula is C7H8N4O2. The molecule has 0 unspecified atom stereocenters. The molecule has 6 N–H and O–H groups in total. The topological polar surface area (TPSA) is 126 Å². The average molecular weight is 180 g/mol. The van der Waals surface area contributed by atoms with E-state index < -0.39 is 11.7 Å². The monoisotopic (exact) mass is 180 g/mol. The van der Waals surface area contributed by atoms with Gasteiger partial charge >= 0.3 is 5.97 Å². The Balaban J connectivity index is 3.21. The molecule has 0 aromatic carbocycles. The fourth-order valence-corrected chi connectivity index (χ4v) is 0.807. The molecule has 1 aromatic rings. The lowest BCUT2D eigenvalue weighted by Gasteiger charge is -2.03. The van der Waals surface area contributed by atoms with Crippen LogP contribution in [0.15, 0.2) is 12.3 Å². The summed E-state index contributed by atoms with van der Waals surface area (Å²) in [6.07, 6.45) is 1.30. The first-order chi connectivity index (χ1) is 6.02. The first kappa shape index (κ1) is 8.98. The number of carboxylic acid groups (broad SMARTS) is 1. The number of pyridine rings is 1. The number of hydrogen-bond acceptors (Lipinski definition) is 5. The van der Waals surface area contributed by atoms with Gasteiger partial charge in [0.15, 0.2) is 5.71 Å². The van der Waals surface area contributed by atoms with Crippen molar-refractivity contribution in [2.45, 2.75) is 0 Å². The smallest absolute Gasteiger partial charge is 0.354 e. The zero-order valence-corrected chi connectivity index (χ0v) is 6.61. The highest BCUT2D eigenvalue weighted by Gasteiger charge is 2.13. The van der Waals surface area contributed by atoms with Gasteiger partial charge in [-0.25, -0.2) is 9.78 Å². The summed E-state index contributed by atoms with van der Waals surface area (Å²) < 4.78 is 0. The lowest BCUT2D eigenvalue weighted by molar-refractivity contribution is -0.129. The van der Waals surface area contributed by atoms with Crippen LogP contribution in [0.5, 0.6) is 0 Å². The third-order valence-corrected chi connectivity index (χ3v) is 1.42. The Bertz CT molecular complexity index is 375. The molecule has 0 spiro atoms. The quantitative estimate of drug-likeness (QED) is 0.465. The first-order valence-electron chi connectivity index (χ1n) is 3.35. The molecule has 0 bridgehead atoms. The van der Waals surface area contributed by atoms with E-state index in [9.17, 15) is 4.79 Å². The van der Waals surface area contributed by atoms with Gasteiger partial charge in [-0.05, 0) is 6.07 Å². The first-order valence-corrected chi connectivity index (χ1v) is 3.35. The molecule has 1 heterocycles. The number of carbonyl (C=O) groups is 1. The average Bonchev–Trinajstić information content (AvgIpc) is 2.08. The normalized spacial score (nSPS) is 9.54. The van der Waals surface area contributed by atoms with Crippen molar-refractivity contribution in [3.05, 3.63) is 17.8 Å². The van der Waals surface area contributed by atoms with E-state index in [4.69, 9.17) is 22.0 Å². The Morgan fingerprint density at radius 3 is 2.69 bits per heavy atom.